The van der Waals surface area contributed by atoms with Gasteiger partial charge in [-0.1, -0.05) is 0 Å². The van der Waals surface area contributed by atoms with Crippen LogP contribution in [0.1, 0.15) is 40.6 Å². The number of benzene rings is 1. The summed E-state index contributed by atoms with van der Waals surface area (Å²) in [6, 6.07) is 7.90. The van der Waals surface area contributed by atoms with Crippen LogP contribution in [0.2, 0.25) is 0 Å². The van der Waals surface area contributed by atoms with E-state index in [-0.39, 0.29) is 23.6 Å². The molecule has 144 valence electrons. The molecule has 0 saturated carbocycles. The van der Waals surface area contributed by atoms with E-state index in [4.69, 9.17) is 11.5 Å². The second-order valence-corrected chi connectivity index (χ2v) is 7.12. The van der Waals surface area contributed by atoms with Gasteiger partial charge in [-0.3, -0.25) is 9.78 Å². The molecule has 2 aromatic heterocycles. The second-order valence-electron chi connectivity index (χ2n) is 7.12. The van der Waals surface area contributed by atoms with Gasteiger partial charge < -0.3 is 16.4 Å². The summed E-state index contributed by atoms with van der Waals surface area (Å²) in [6.45, 7) is 2.94. The van der Waals surface area contributed by atoms with E-state index in [2.05, 4.69) is 15.0 Å². The van der Waals surface area contributed by atoms with Crippen molar-refractivity contribution in [3.05, 3.63) is 53.2 Å². The van der Waals surface area contributed by atoms with Crippen LogP contribution in [0.25, 0.3) is 10.9 Å². The third-order valence-electron chi connectivity index (χ3n) is 5.10. The van der Waals surface area contributed by atoms with Gasteiger partial charge in [0.25, 0.3) is 5.91 Å². The second kappa shape index (κ2) is 7.03. The van der Waals surface area contributed by atoms with Gasteiger partial charge in [0, 0.05) is 30.1 Å². The quantitative estimate of drug-likeness (QED) is 0.707. The first kappa shape index (κ1) is 18.1. The van der Waals surface area contributed by atoms with Gasteiger partial charge in [-0.05, 0) is 50.1 Å². The third-order valence-corrected chi connectivity index (χ3v) is 5.10. The minimum Gasteiger partial charge on any atom is -0.397 e. The van der Waals surface area contributed by atoms with E-state index in [0.29, 0.717) is 35.6 Å². The molecule has 0 bridgehead atoms. The predicted molar refractivity (Wildman–Crippen MR) is 105 cm³/mol. The van der Waals surface area contributed by atoms with Gasteiger partial charge in [0.2, 0.25) is 5.95 Å². The Morgan fingerprint density at radius 1 is 1.11 bits per heavy atom. The van der Waals surface area contributed by atoms with E-state index in [1.165, 1.54) is 12.1 Å². The molecule has 0 aliphatic carbocycles. The van der Waals surface area contributed by atoms with E-state index in [0.717, 1.165) is 24.1 Å². The SMILES string of the molecule is Cc1cc(C(=O)N2CCC(c3nc4ccc(F)cc4cc3N)CC2)nc(N)n1. The van der Waals surface area contributed by atoms with E-state index in [1.54, 1.807) is 30.0 Å². The Morgan fingerprint density at radius 2 is 1.86 bits per heavy atom. The molecule has 1 fully saturated rings. The van der Waals surface area contributed by atoms with Crippen LogP contribution < -0.4 is 11.5 Å². The van der Waals surface area contributed by atoms with E-state index in [1.807, 2.05) is 0 Å². The van der Waals surface area contributed by atoms with Gasteiger partial charge in [-0.2, -0.15) is 0 Å². The Labute approximate surface area is 161 Å². The van der Waals surface area contributed by atoms with Gasteiger partial charge in [0.15, 0.2) is 0 Å². The molecule has 8 heteroatoms. The molecule has 1 aromatic carbocycles. The highest BCUT2D eigenvalue weighted by Gasteiger charge is 2.27. The summed E-state index contributed by atoms with van der Waals surface area (Å²) in [6.07, 6.45) is 1.49. The number of hydrogen-bond acceptors (Lipinski definition) is 6. The normalized spacial score (nSPS) is 15.1. The number of aromatic nitrogens is 3. The summed E-state index contributed by atoms with van der Waals surface area (Å²) in [4.78, 5) is 27.2. The molecule has 7 nitrogen and oxygen atoms in total. The van der Waals surface area contributed by atoms with Crippen molar-refractivity contribution in [3.63, 3.8) is 0 Å². The number of rotatable bonds is 2. The van der Waals surface area contributed by atoms with Gasteiger partial charge in [0.05, 0.1) is 16.9 Å². The Morgan fingerprint density at radius 3 is 2.57 bits per heavy atom. The molecule has 0 unspecified atom stereocenters. The zero-order chi connectivity index (χ0) is 19.8. The molecule has 0 atom stereocenters. The summed E-state index contributed by atoms with van der Waals surface area (Å²) in [5.41, 5.74) is 14.9. The number of fused-ring (bicyclic) bond motifs is 1. The molecule has 4 rings (SSSR count). The summed E-state index contributed by atoms with van der Waals surface area (Å²) in [5.74, 6) is -0.210. The minimum atomic E-state index is -0.311. The van der Waals surface area contributed by atoms with Crippen LogP contribution in [0.3, 0.4) is 0 Å². The van der Waals surface area contributed by atoms with E-state index >= 15 is 0 Å². The number of nitrogens with two attached hydrogens (primary N) is 2. The maximum absolute atomic E-state index is 13.4. The number of amides is 1. The molecule has 0 spiro atoms. The number of likely N-dealkylation sites (tertiary alicyclic amines) is 1. The molecule has 28 heavy (non-hydrogen) atoms. The van der Waals surface area contributed by atoms with Crippen molar-refractivity contribution in [3.8, 4) is 0 Å². The van der Waals surface area contributed by atoms with Crippen molar-refractivity contribution in [2.45, 2.75) is 25.7 Å². The average molecular weight is 380 g/mol. The lowest BCUT2D eigenvalue weighted by molar-refractivity contribution is 0.0706. The highest BCUT2D eigenvalue weighted by Crippen LogP contribution is 2.32. The molecule has 3 heterocycles. The topological polar surface area (TPSA) is 111 Å². The lowest BCUT2D eigenvalue weighted by Gasteiger charge is -2.32. The van der Waals surface area contributed by atoms with Gasteiger partial charge >= 0.3 is 0 Å². The summed E-state index contributed by atoms with van der Waals surface area (Å²) in [5, 5.41) is 0.686. The van der Waals surface area contributed by atoms with Crippen molar-refractivity contribution < 1.29 is 9.18 Å². The van der Waals surface area contributed by atoms with Crippen LogP contribution in [-0.4, -0.2) is 38.8 Å². The fourth-order valence-electron chi connectivity index (χ4n) is 3.72. The minimum absolute atomic E-state index is 0.0998. The van der Waals surface area contributed by atoms with Gasteiger partial charge in [0.1, 0.15) is 11.5 Å². The zero-order valence-corrected chi connectivity index (χ0v) is 15.5. The van der Waals surface area contributed by atoms with Crippen molar-refractivity contribution in [1.82, 2.24) is 19.9 Å². The number of nitrogens with zero attached hydrogens (tertiary/aromatic N) is 4. The lowest BCUT2D eigenvalue weighted by Crippen LogP contribution is -2.38. The molecule has 1 amide bonds. The number of pyridine rings is 1. The predicted octanol–water partition coefficient (Wildman–Crippen LogP) is 2.66. The molecule has 1 aliphatic rings. The summed E-state index contributed by atoms with van der Waals surface area (Å²) >= 11 is 0. The Balaban J connectivity index is 1.51. The van der Waals surface area contributed by atoms with Crippen LogP contribution in [0.5, 0.6) is 0 Å². The smallest absolute Gasteiger partial charge is 0.272 e. The monoisotopic (exact) mass is 380 g/mol. The van der Waals surface area contributed by atoms with E-state index < -0.39 is 0 Å². The fourth-order valence-corrected chi connectivity index (χ4v) is 3.72. The van der Waals surface area contributed by atoms with Gasteiger partial charge in [-0.25, -0.2) is 14.4 Å². The van der Waals surface area contributed by atoms with Gasteiger partial charge in [-0.15, -0.1) is 0 Å². The van der Waals surface area contributed by atoms with Crippen molar-refractivity contribution in [2.75, 3.05) is 24.6 Å². The van der Waals surface area contributed by atoms with Crippen LogP contribution in [0.4, 0.5) is 16.0 Å². The van der Waals surface area contributed by atoms with Crippen LogP contribution in [-0.2, 0) is 0 Å². The van der Waals surface area contributed by atoms with Crippen LogP contribution in [0.15, 0.2) is 30.3 Å². The average Bonchev–Trinajstić information content (AvgIpc) is 2.66. The molecule has 1 saturated heterocycles. The van der Waals surface area contributed by atoms with E-state index in [9.17, 15) is 9.18 Å². The lowest BCUT2D eigenvalue weighted by atomic mass is 9.91. The number of hydrogen-bond donors (Lipinski definition) is 2. The first-order valence-corrected chi connectivity index (χ1v) is 9.17. The number of piperidine rings is 1. The molecule has 4 N–H and O–H groups in total. The zero-order valence-electron chi connectivity index (χ0n) is 15.5. The number of anilines is 2. The Kier molecular flexibility index (Phi) is 4.54. The summed E-state index contributed by atoms with van der Waals surface area (Å²) < 4.78 is 13.4. The Bertz CT molecular complexity index is 1040. The van der Waals surface area contributed by atoms with Crippen LogP contribution >= 0.6 is 0 Å². The van der Waals surface area contributed by atoms with Crippen molar-refractivity contribution >= 4 is 28.4 Å². The molecule has 1 aliphatic heterocycles. The standard InChI is InChI=1S/C20H21FN6O/c1-11-8-17(26-20(23)24-11)19(28)27-6-4-12(5-7-27)18-15(22)10-13-9-14(21)2-3-16(13)25-18/h2-3,8-10,12H,4-7,22H2,1H3,(H2,23,24,26). The number of carbonyl (C=O) groups excluding carboxylic acids is 1. The summed E-state index contributed by atoms with van der Waals surface area (Å²) in [7, 11) is 0. The first-order valence-electron chi connectivity index (χ1n) is 9.17. The molecular weight excluding hydrogens is 359 g/mol. The number of aryl methyl sites for hydroxylation is 1. The number of nitrogen functional groups attached to an aromatic ring is 2. The number of carbonyl (C=O) groups is 1. The first-order chi connectivity index (χ1) is 13.4. The highest BCUT2D eigenvalue weighted by molar-refractivity contribution is 5.92. The highest BCUT2D eigenvalue weighted by atomic mass is 19.1. The largest absolute Gasteiger partial charge is 0.397 e. The molecule has 3 aromatic rings. The van der Waals surface area contributed by atoms with Crippen LogP contribution in [0, 0.1) is 12.7 Å². The van der Waals surface area contributed by atoms with Crippen molar-refractivity contribution in [2.24, 2.45) is 0 Å². The Hall–Kier alpha value is -3.29. The fraction of sp³-hybridized carbons (Fsp3) is 0.300. The third kappa shape index (κ3) is 3.45. The van der Waals surface area contributed by atoms with Crippen molar-refractivity contribution in [1.29, 1.82) is 0 Å². The number of halogens is 1. The molecular formula is C20H21FN6O. The maximum Gasteiger partial charge on any atom is 0.272 e. The molecule has 0 radical (unpaired) electrons. The maximum atomic E-state index is 13.4.